The first-order chi connectivity index (χ1) is 10.2. The molecule has 1 aromatic rings. The Hall–Kier alpha value is -1.19. The molecule has 0 radical (unpaired) electrons. The third-order valence-electron chi connectivity index (χ3n) is 6.56. The van der Waals surface area contributed by atoms with E-state index in [-0.39, 0.29) is 17.1 Å². The standard InChI is InChI=1S/C17H22N2O2/c20-14-3-1-2-13(14)15-18-16(19-21-15)17-7-10-4-11(8-17)6-12(5-10)9-17/h10-13H,1-9H2. The summed E-state index contributed by atoms with van der Waals surface area (Å²) in [5, 5.41) is 4.35. The van der Waals surface area contributed by atoms with Gasteiger partial charge in [-0.05, 0) is 69.1 Å². The molecule has 1 atom stereocenters. The van der Waals surface area contributed by atoms with E-state index in [2.05, 4.69) is 5.16 Å². The van der Waals surface area contributed by atoms with E-state index in [4.69, 9.17) is 9.51 Å². The maximum atomic E-state index is 11.9. The predicted octanol–water partition coefficient (Wildman–Crippen LogP) is 3.37. The Balaban J connectivity index is 1.48. The molecule has 0 saturated heterocycles. The fourth-order valence-corrected chi connectivity index (χ4v) is 6.05. The van der Waals surface area contributed by atoms with Crippen molar-refractivity contribution in [3.63, 3.8) is 0 Å². The van der Waals surface area contributed by atoms with Gasteiger partial charge in [-0.2, -0.15) is 4.98 Å². The van der Waals surface area contributed by atoms with Crippen molar-refractivity contribution in [1.29, 1.82) is 0 Å². The van der Waals surface area contributed by atoms with Gasteiger partial charge in [-0.1, -0.05) is 5.16 Å². The Morgan fingerprint density at radius 1 is 1.05 bits per heavy atom. The zero-order valence-electron chi connectivity index (χ0n) is 12.4. The molecule has 1 aromatic heterocycles. The second-order valence-corrected chi connectivity index (χ2v) is 8.07. The van der Waals surface area contributed by atoms with Gasteiger partial charge in [-0.3, -0.25) is 4.79 Å². The van der Waals surface area contributed by atoms with Gasteiger partial charge >= 0.3 is 0 Å². The van der Waals surface area contributed by atoms with Gasteiger partial charge in [0.05, 0.1) is 5.92 Å². The molecule has 1 heterocycles. The molecule has 0 spiro atoms. The molecule has 4 bridgehead atoms. The first-order valence-electron chi connectivity index (χ1n) is 8.59. The smallest absolute Gasteiger partial charge is 0.237 e. The molecule has 0 aliphatic heterocycles. The molecule has 21 heavy (non-hydrogen) atoms. The highest BCUT2D eigenvalue weighted by atomic mass is 16.5. The van der Waals surface area contributed by atoms with Crippen molar-refractivity contribution in [2.45, 2.75) is 69.1 Å². The lowest BCUT2D eigenvalue weighted by molar-refractivity contribution is -0.119. The van der Waals surface area contributed by atoms with Crippen molar-refractivity contribution < 1.29 is 9.32 Å². The Labute approximate surface area is 124 Å². The Kier molecular flexibility index (Phi) is 2.46. The van der Waals surface area contributed by atoms with E-state index in [0.717, 1.165) is 36.4 Å². The zero-order chi connectivity index (χ0) is 14.0. The molecule has 4 heteroatoms. The van der Waals surface area contributed by atoms with Crippen molar-refractivity contribution in [2.75, 3.05) is 0 Å². The summed E-state index contributed by atoms with van der Waals surface area (Å²) >= 11 is 0. The Morgan fingerprint density at radius 3 is 2.29 bits per heavy atom. The molecule has 5 aliphatic carbocycles. The summed E-state index contributed by atoms with van der Waals surface area (Å²) in [4.78, 5) is 16.6. The quantitative estimate of drug-likeness (QED) is 0.836. The van der Waals surface area contributed by atoms with Crippen molar-refractivity contribution in [3.8, 4) is 0 Å². The van der Waals surface area contributed by atoms with Crippen LogP contribution in [0.1, 0.15) is 75.4 Å². The summed E-state index contributed by atoms with van der Waals surface area (Å²) in [6, 6.07) is 0. The fourth-order valence-electron chi connectivity index (χ4n) is 6.05. The van der Waals surface area contributed by atoms with Crippen LogP contribution in [-0.2, 0) is 10.2 Å². The summed E-state index contributed by atoms with van der Waals surface area (Å²) in [6.07, 6.45) is 10.5. The normalized spacial score (nSPS) is 44.7. The first kappa shape index (κ1) is 12.4. The molecule has 0 N–H and O–H groups in total. The van der Waals surface area contributed by atoms with Crippen LogP contribution in [0.3, 0.4) is 0 Å². The van der Waals surface area contributed by atoms with Crippen molar-refractivity contribution >= 4 is 5.78 Å². The topological polar surface area (TPSA) is 56.0 Å². The van der Waals surface area contributed by atoms with Gasteiger partial charge < -0.3 is 4.52 Å². The number of ketones is 1. The van der Waals surface area contributed by atoms with Gasteiger partial charge in [0.15, 0.2) is 5.82 Å². The average Bonchev–Trinajstić information content (AvgIpc) is 3.05. The largest absolute Gasteiger partial charge is 0.339 e. The zero-order valence-corrected chi connectivity index (χ0v) is 12.4. The lowest BCUT2D eigenvalue weighted by atomic mass is 9.49. The van der Waals surface area contributed by atoms with Crippen LogP contribution in [0.15, 0.2) is 4.52 Å². The van der Waals surface area contributed by atoms with Gasteiger partial charge in [0.2, 0.25) is 5.89 Å². The number of nitrogens with zero attached hydrogens (tertiary/aromatic N) is 2. The number of rotatable bonds is 2. The van der Waals surface area contributed by atoms with E-state index in [1.165, 1.54) is 38.5 Å². The minimum Gasteiger partial charge on any atom is -0.339 e. The maximum absolute atomic E-state index is 11.9. The van der Waals surface area contributed by atoms with Crippen LogP contribution in [-0.4, -0.2) is 15.9 Å². The number of hydrogen-bond acceptors (Lipinski definition) is 4. The van der Waals surface area contributed by atoms with Crippen LogP contribution >= 0.6 is 0 Å². The molecule has 6 rings (SSSR count). The highest BCUT2D eigenvalue weighted by Crippen LogP contribution is 2.60. The summed E-state index contributed by atoms with van der Waals surface area (Å²) < 4.78 is 5.53. The van der Waals surface area contributed by atoms with Crippen LogP contribution in [0.25, 0.3) is 0 Å². The minimum atomic E-state index is -0.111. The van der Waals surface area contributed by atoms with Crippen LogP contribution in [0.2, 0.25) is 0 Å². The van der Waals surface area contributed by atoms with Gasteiger partial charge in [-0.15, -0.1) is 0 Å². The van der Waals surface area contributed by atoms with E-state index in [1.54, 1.807) is 0 Å². The fraction of sp³-hybridized carbons (Fsp3) is 0.824. The van der Waals surface area contributed by atoms with Crippen molar-refractivity contribution in [3.05, 3.63) is 11.7 Å². The summed E-state index contributed by atoms with van der Waals surface area (Å²) in [6.45, 7) is 0. The van der Waals surface area contributed by atoms with Crippen molar-refractivity contribution in [1.82, 2.24) is 10.1 Å². The number of Topliss-reactive ketones (excluding diaryl/α,β-unsaturated/α-hetero) is 1. The molecular formula is C17H22N2O2. The van der Waals surface area contributed by atoms with E-state index in [1.807, 2.05) is 0 Å². The van der Waals surface area contributed by atoms with Gasteiger partial charge in [-0.25, -0.2) is 0 Å². The van der Waals surface area contributed by atoms with Crippen LogP contribution in [0, 0.1) is 17.8 Å². The van der Waals surface area contributed by atoms with E-state index in [0.29, 0.717) is 12.3 Å². The van der Waals surface area contributed by atoms with Gasteiger partial charge in [0.1, 0.15) is 5.78 Å². The lowest BCUT2D eigenvalue weighted by Crippen LogP contribution is -2.49. The molecule has 0 amide bonds. The van der Waals surface area contributed by atoms with E-state index >= 15 is 0 Å². The van der Waals surface area contributed by atoms with Crippen LogP contribution in [0.4, 0.5) is 0 Å². The Morgan fingerprint density at radius 2 is 1.71 bits per heavy atom. The third kappa shape index (κ3) is 1.77. The monoisotopic (exact) mass is 286 g/mol. The molecule has 0 aromatic carbocycles. The number of carbonyl (C=O) groups excluding carboxylic acids is 1. The van der Waals surface area contributed by atoms with Gasteiger partial charge in [0.25, 0.3) is 0 Å². The second kappa shape index (κ2) is 4.17. The average molecular weight is 286 g/mol. The SMILES string of the molecule is O=C1CCCC1c1nc(C23CC4CC(CC(C4)C2)C3)no1. The first-order valence-corrected chi connectivity index (χ1v) is 8.59. The van der Waals surface area contributed by atoms with Crippen molar-refractivity contribution in [2.24, 2.45) is 17.8 Å². The minimum absolute atomic E-state index is 0.111. The van der Waals surface area contributed by atoms with Gasteiger partial charge in [0, 0.05) is 11.8 Å². The third-order valence-corrected chi connectivity index (χ3v) is 6.56. The van der Waals surface area contributed by atoms with E-state index < -0.39 is 0 Å². The molecule has 4 nitrogen and oxygen atoms in total. The molecule has 112 valence electrons. The highest BCUT2D eigenvalue weighted by Gasteiger charge is 2.54. The number of hydrogen-bond donors (Lipinski definition) is 0. The van der Waals surface area contributed by atoms with Crippen LogP contribution in [0.5, 0.6) is 0 Å². The molecule has 5 saturated carbocycles. The number of carbonyl (C=O) groups is 1. The maximum Gasteiger partial charge on any atom is 0.237 e. The summed E-state index contributed by atoms with van der Waals surface area (Å²) in [7, 11) is 0. The summed E-state index contributed by atoms with van der Waals surface area (Å²) in [5.74, 6) is 4.35. The molecule has 5 aliphatic rings. The molecule has 1 unspecified atom stereocenters. The molecular weight excluding hydrogens is 264 g/mol. The predicted molar refractivity (Wildman–Crippen MR) is 75.7 cm³/mol. The number of aromatic nitrogens is 2. The Bertz CT molecular complexity index is 556. The van der Waals surface area contributed by atoms with E-state index in [9.17, 15) is 4.79 Å². The highest BCUT2D eigenvalue weighted by molar-refractivity contribution is 5.86. The molecule has 5 fully saturated rings. The lowest BCUT2D eigenvalue weighted by Gasteiger charge is -2.55. The van der Waals surface area contributed by atoms with Crippen LogP contribution < -0.4 is 0 Å². The summed E-state index contributed by atoms with van der Waals surface area (Å²) in [5.41, 5.74) is 0.179. The second-order valence-electron chi connectivity index (χ2n) is 8.07.